The van der Waals surface area contributed by atoms with Gasteiger partial charge in [-0.05, 0) is 50.5 Å². The zero-order chi connectivity index (χ0) is 19.0. The maximum absolute atomic E-state index is 13.1. The number of ether oxygens (including phenoxy) is 1. The molecular weight excluding hydrogens is 360 g/mol. The topological polar surface area (TPSA) is 62.7 Å². The monoisotopic (exact) mass is 386 g/mol. The number of rotatable bonds is 3. The van der Waals surface area contributed by atoms with Crippen LogP contribution in [0.15, 0.2) is 24.3 Å². The fourth-order valence-corrected chi connectivity index (χ4v) is 5.39. The fraction of sp³-hybridized carbons (Fsp3) is 0.524. The van der Waals surface area contributed by atoms with Crippen LogP contribution in [0.4, 0.5) is 0 Å². The van der Waals surface area contributed by atoms with Gasteiger partial charge >= 0.3 is 0 Å². The van der Waals surface area contributed by atoms with Crippen molar-refractivity contribution in [3.05, 3.63) is 34.8 Å². The lowest BCUT2D eigenvalue weighted by Gasteiger charge is -2.47. The van der Waals surface area contributed by atoms with E-state index >= 15 is 0 Å². The Bertz CT molecular complexity index is 832. The zero-order valence-corrected chi connectivity index (χ0v) is 16.7. The summed E-state index contributed by atoms with van der Waals surface area (Å²) in [7, 11) is 1.64. The van der Waals surface area contributed by atoms with E-state index in [0.717, 1.165) is 47.7 Å². The van der Waals surface area contributed by atoms with Crippen LogP contribution in [0.1, 0.15) is 47.5 Å². The molecule has 1 saturated heterocycles. The number of methoxy groups -OCH3 is 1. The van der Waals surface area contributed by atoms with Crippen LogP contribution in [0, 0.1) is 12.8 Å². The molecule has 1 aromatic carbocycles. The van der Waals surface area contributed by atoms with Gasteiger partial charge in [0.05, 0.1) is 18.4 Å². The van der Waals surface area contributed by atoms with E-state index in [4.69, 9.17) is 4.74 Å². The maximum atomic E-state index is 13.1. The van der Waals surface area contributed by atoms with Crippen LogP contribution >= 0.6 is 11.3 Å². The third kappa shape index (κ3) is 3.48. The highest BCUT2D eigenvalue weighted by Crippen LogP contribution is 2.40. The Hall–Kier alpha value is -1.92. The summed E-state index contributed by atoms with van der Waals surface area (Å²) in [6.07, 6.45) is 4.82. The quantitative estimate of drug-likeness (QED) is 0.869. The van der Waals surface area contributed by atoms with Crippen molar-refractivity contribution in [2.75, 3.05) is 20.2 Å². The van der Waals surface area contributed by atoms with E-state index in [9.17, 15) is 9.90 Å². The standard InChI is InChI=1S/C21H26N2O3S/c1-14-18(27-19(22-14)15-6-8-17(26-2)9-7-15)20(24)23-12-11-21(25)10-4-3-5-16(21)13-23/h6-9,16,25H,3-5,10-13H2,1-2H3/t16-,21-/m1/s1. The number of thiazole rings is 1. The average Bonchev–Trinajstić information content (AvgIpc) is 3.08. The van der Waals surface area contributed by atoms with E-state index in [-0.39, 0.29) is 11.8 Å². The number of carbonyl (C=O) groups is 1. The number of likely N-dealkylation sites (tertiary alicyclic amines) is 1. The second-order valence-electron chi connectivity index (χ2n) is 7.71. The Morgan fingerprint density at radius 3 is 2.81 bits per heavy atom. The molecule has 2 aromatic rings. The van der Waals surface area contributed by atoms with E-state index in [1.165, 1.54) is 11.3 Å². The minimum atomic E-state index is -0.563. The largest absolute Gasteiger partial charge is 0.497 e. The summed E-state index contributed by atoms with van der Waals surface area (Å²) in [5.41, 5.74) is 1.20. The molecule has 0 radical (unpaired) electrons. The number of amides is 1. The molecule has 4 rings (SSSR count). The first kappa shape index (κ1) is 18.4. The summed E-state index contributed by atoms with van der Waals surface area (Å²) in [5.74, 6) is 1.06. The SMILES string of the molecule is COc1ccc(-c2nc(C)c(C(=O)N3CC[C@]4(O)CCCC[C@@H]4C3)s2)cc1. The van der Waals surface area contributed by atoms with Crippen LogP contribution in [-0.2, 0) is 0 Å². The van der Waals surface area contributed by atoms with E-state index in [1.54, 1.807) is 7.11 Å². The normalized spacial score (nSPS) is 25.1. The molecule has 144 valence electrons. The van der Waals surface area contributed by atoms with Crippen LogP contribution in [-0.4, -0.2) is 46.7 Å². The van der Waals surface area contributed by atoms with E-state index in [0.29, 0.717) is 24.4 Å². The van der Waals surface area contributed by atoms with Gasteiger partial charge in [0.15, 0.2) is 0 Å². The number of hydrogen-bond acceptors (Lipinski definition) is 5. The number of aryl methyl sites for hydroxylation is 1. The van der Waals surface area contributed by atoms with Gasteiger partial charge in [-0.3, -0.25) is 4.79 Å². The summed E-state index contributed by atoms with van der Waals surface area (Å²) < 4.78 is 5.20. The first-order chi connectivity index (χ1) is 13.0. The highest BCUT2D eigenvalue weighted by atomic mass is 32.1. The molecule has 0 bridgehead atoms. The molecule has 2 fully saturated rings. The summed E-state index contributed by atoms with van der Waals surface area (Å²) in [5, 5.41) is 11.7. The van der Waals surface area contributed by atoms with Crippen molar-refractivity contribution in [1.29, 1.82) is 0 Å². The number of aliphatic hydroxyl groups is 1. The highest BCUT2D eigenvalue weighted by molar-refractivity contribution is 7.17. The van der Waals surface area contributed by atoms with Gasteiger partial charge in [-0.15, -0.1) is 11.3 Å². The highest BCUT2D eigenvalue weighted by Gasteiger charge is 2.44. The fourth-order valence-electron chi connectivity index (χ4n) is 4.35. The van der Waals surface area contributed by atoms with Crippen LogP contribution in [0.25, 0.3) is 10.6 Å². The molecule has 2 aliphatic rings. The average molecular weight is 387 g/mol. The van der Waals surface area contributed by atoms with Gasteiger partial charge in [-0.2, -0.15) is 0 Å². The van der Waals surface area contributed by atoms with Crippen LogP contribution in [0.5, 0.6) is 5.75 Å². The van der Waals surface area contributed by atoms with Crippen LogP contribution in [0.2, 0.25) is 0 Å². The summed E-state index contributed by atoms with van der Waals surface area (Å²) in [6, 6.07) is 7.74. The molecule has 1 amide bonds. The molecule has 1 saturated carbocycles. The van der Waals surface area contributed by atoms with Crippen molar-refractivity contribution in [2.24, 2.45) is 5.92 Å². The summed E-state index contributed by atoms with van der Waals surface area (Å²) in [6.45, 7) is 3.18. The van der Waals surface area contributed by atoms with Crippen LogP contribution < -0.4 is 4.74 Å². The van der Waals surface area contributed by atoms with E-state index < -0.39 is 5.60 Å². The Labute approximate surface area is 164 Å². The minimum absolute atomic E-state index is 0.0531. The molecule has 27 heavy (non-hydrogen) atoms. The van der Waals surface area contributed by atoms with Crippen molar-refractivity contribution >= 4 is 17.2 Å². The molecule has 1 aliphatic heterocycles. The Morgan fingerprint density at radius 2 is 2.07 bits per heavy atom. The smallest absolute Gasteiger partial charge is 0.265 e. The number of hydrogen-bond donors (Lipinski definition) is 1. The lowest BCUT2D eigenvalue weighted by atomic mass is 9.71. The third-order valence-corrected chi connectivity index (χ3v) is 7.24. The summed E-state index contributed by atoms with van der Waals surface area (Å²) >= 11 is 1.45. The predicted molar refractivity (Wildman–Crippen MR) is 106 cm³/mol. The van der Waals surface area contributed by atoms with Gasteiger partial charge in [0, 0.05) is 24.6 Å². The number of piperidine rings is 1. The Morgan fingerprint density at radius 1 is 1.30 bits per heavy atom. The zero-order valence-electron chi connectivity index (χ0n) is 15.9. The van der Waals surface area contributed by atoms with Gasteiger partial charge < -0.3 is 14.7 Å². The van der Waals surface area contributed by atoms with E-state index in [2.05, 4.69) is 4.98 Å². The summed E-state index contributed by atoms with van der Waals surface area (Å²) in [4.78, 5) is 20.4. The molecule has 2 atom stereocenters. The molecule has 2 heterocycles. The van der Waals surface area contributed by atoms with Gasteiger partial charge in [-0.1, -0.05) is 12.8 Å². The lowest BCUT2D eigenvalue weighted by Crippen LogP contribution is -2.54. The van der Waals surface area contributed by atoms with Crippen LogP contribution in [0.3, 0.4) is 0 Å². The Kier molecular flexibility index (Phi) is 4.95. The number of aromatic nitrogens is 1. The number of benzene rings is 1. The van der Waals surface area contributed by atoms with Gasteiger partial charge in [0.2, 0.25) is 0 Å². The lowest BCUT2D eigenvalue weighted by molar-refractivity contribution is -0.0885. The maximum Gasteiger partial charge on any atom is 0.265 e. The third-order valence-electron chi connectivity index (χ3n) is 6.04. The van der Waals surface area contributed by atoms with Crippen molar-refractivity contribution in [1.82, 2.24) is 9.88 Å². The van der Waals surface area contributed by atoms with Crippen molar-refractivity contribution in [2.45, 2.75) is 44.6 Å². The van der Waals surface area contributed by atoms with Gasteiger partial charge in [0.25, 0.3) is 5.91 Å². The molecular formula is C21H26N2O3S. The molecule has 5 nitrogen and oxygen atoms in total. The van der Waals surface area contributed by atoms with Crippen molar-refractivity contribution < 1.29 is 14.6 Å². The van der Waals surface area contributed by atoms with Gasteiger partial charge in [-0.25, -0.2) is 4.98 Å². The Balaban J connectivity index is 1.53. The van der Waals surface area contributed by atoms with Crippen molar-refractivity contribution in [3.8, 4) is 16.3 Å². The minimum Gasteiger partial charge on any atom is -0.497 e. The molecule has 0 unspecified atom stereocenters. The van der Waals surface area contributed by atoms with Crippen molar-refractivity contribution in [3.63, 3.8) is 0 Å². The number of nitrogens with zero attached hydrogens (tertiary/aromatic N) is 2. The molecule has 0 spiro atoms. The predicted octanol–water partition coefficient (Wildman–Crippen LogP) is 3.89. The molecule has 1 aliphatic carbocycles. The second kappa shape index (κ2) is 7.24. The first-order valence-corrected chi connectivity index (χ1v) is 10.5. The molecule has 1 aromatic heterocycles. The van der Waals surface area contributed by atoms with Gasteiger partial charge in [0.1, 0.15) is 15.6 Å². The second-order valence-corrected chi connectivity index (χ2v) is 8.71. The first-order valence-electron chi connectivity index (χ1n) is 9.64. The molecule has 1 N–H and O–H groups in total. The van der Waals surface area contributed by atoms with E-state index in [1.807, 2.05) is 36.1 Å². The molecule has 6 heteroatoms. The number of fused-ring (bicyclic) bond motifs is 1. The number of carbonyl (C=O) groups excluding carboxylic acids is 1.